The summed E-state index contributed by atoms with van der Waals surface area (Å²) in [7, 11) is 1.61. The monoisotopic (exact) mass is 491 g/mol. The van der Waals surface area contributed by atoms with E-state index in [0.29, 0.717) is 53.1 Å². The van der Waals surface area contributed by atoms with Crippen LogP contribution in [-0.4, -0.2) is 53.8 Å². The van der Waals surface area contributed by atoms with Crippen LogP contribution in [0.25, 0.3) is 11.0 Å². The van der Waals surface area contributed by atoms with Gasteiger partial charge in [0.05, 0.1) is 42.6 Å². The summed E-state index contributed by atoms with van der Waals surface area (Å²) in [6.45, 7) is 4.28. The van der Waals surface area contributed by atoms with E-state index in [2.05, 4.69) is 37.4 Å². The number of fused-ring (bicyclic) bond motifs is 1. The Labute approximate surface area is 206 Å². The van der Waals surface area contributed by atoms with Crippen LogP contribution in [-0.2, 0) is 4.74 Å². The summed E-state index contributed by atoms with van der Waals surface area (Å²) < 4.78 is 24.9. The number of primary amides is 1. The van der Waals surface area contributed by atoms with Gasteiger partial charge >= 0.3 is 0 Å². The molecule has 11 heteroatoms. The van der Waals surface area contributed by atoms with Crippen LogP contribution in [0.3, 0.4) is 0 Å². The second-order valence-electron chi connectivity index (χ2n) is 8.44. The molecule has 36 heavy (non-hydrogen) atoms. The van der Waals surface area contributed by atoms with Crippen molar-refractivity contribution in [2.24, 2.45) is 5.73 Å². The van der Waals surface area contributed by atoms with Crippen LogP contribution in [0, 0.1) is 5.82 Å². The van der Waals surface area contributed by atoms with Crippen molar-refractivity contribution in [3.05, 3.63) is 60.0 Å². The summed E-state index contributed by atoms with van der Waals surface area (Å²) in [5, 5.41) is 7.00. The Hall–Kier alpha value is -4.38. The smallest absolute Gasteiger partial charge is 0.250 e. The molecule has 0 unspecified atom stereocenters. The summed E-state index contributed by atoms with van der Waals surface area (Å²) in [6.07, 6.45) is 1.73. The Kier molecular flexibility index (Phi) is 6.30. The van der Waals surface area contributed by atoms with E-state index < -0.39 is 11.7 Å². The van der Waals surface area contributed by atoms with E-state index in [0.717, 1.165) is 18.3 Å². The van der Waals surface area contributed by atoms with Crippen LogP contribution >= 0.6 is 0 Å². The number of carbonyl (C=O) groups excluding carboxylic acids is 1. The van der Waals surface area contributed by atoms with E-state index in [-0.39, 0.29) is 11.6 Å². The lowest BCUT2D eigenvalue weighted by Gasteiger charge is -2.35. The van der Waals surface area contributed by atoms with Crippen molar-refractivity contribution in [2.45, 2.75) is 13.0 Å². The molecule has 1 aliphatic rings. The van der Waals surface area contributed by atoms with Gasteiger partial charge in [-0.1, -0.05) is 0 Å². The predicted molar refractivity (Wildman–Crippen MR) is 136 cm³/mol. The van der Waals surface area contributed by atoms with Gasteiger partial charge in [-0.3, -0.25) is 4.79 Å². The van der Waals surface area contributed by atoms with Gasteiger partial charge in [0.15, 0.2) is 0 Å². The van der Waals surface area contributed by atoms with Gasteiger partial charge in [-0.25, -0.2) is 4.39 Å². The van der Waals surface area contributed by atoms with E-state index in [1.54, 1.807) is 19.4 Å². The molecule has 1 fully saturated rings. The summed E-state index contributed by atoms with van der Waals surface area (Å²) in [5.41, 5.74) is 8.07. The second kappa shape index (κ2) is 9.70. The number of nitrogens with one attached hydrogen (secondary N) is 3. The zero-order valence-corrected chi connectivity index (χ0v) is 19.8. The molecule has 4 aromatic rings. The van der Waals surface area contributed by atoms with Crippen molar-refractivity contribution < 1.29 is 18.7 Å². The number of nitrogens with two attached hydrogens (primary N) is 1. The number of benzene rings is 2. The van der Waals surface area contributed by atoms with Crippen molar-refractivity contribution >= 4 is 45.8 Å². The minimum absolute atomic E-state index is 0.0152. The van der Waals surface area contributed by atoms with E-state index in [4.69, 9.17) is 15.2 Å². The number of aromatic nitrogens is 3. The van der Waals surface area contributed by atoms with Crippen molar-refractivity contribution in [2.75, 3.05) is 42.4 Å². The lowest BCUT2D eigenvalue weighted by atomic mass is 10.1. The van der Waals surface area contributed by atoms with Gasteiger partial charge < -0.3 is 35.7 Å². The average molecular weight is 492 g/mol. The average Bonchev–Trinajstić information content (AvgIpc) is 3.34. The summed E-state index contributed by atoms with van der Waals surface area (Å²) >= 11 is 0. The maximum atomic E-state index is 13.7. The number of methoxy groups -OCH3 is 1. The Morgan fingerprint density at radius 3 is 2.81 bits per heavy atom. The summed E-state index contributed by atoms with van der Waals surface area (Å²) in [6, 6.07) is 11.7. The van der Waals surface area contributed by atoms with Crippen LogP contribution < -0.4 is 26.0 Å². The molecule has 10 nitrogen and oxygen atoms in total. The number of anilines is 5. The predicted octanol–water partition coefficient (Wildman–Crippen LogP) is 3.92. The quantitative estimate of drug-likeness (QED) is 0.306. The molecule has 0 aliphatic carbocycles. The normalized spacial score (nSPS) is 15.6. The molecule has 1 saturated heterocycles. The van der Waals surface area contributed by atoms with Gasteiger partial charge in [0.2, 0.25) is 5.95 Å². The molecular weight excluding hydrogens is 465 g/mol. The fourth-order valence-electron chi connectivity index (χ4n) is 4.24. The number of carbonyl (C=O) groups is 1. The highest BCUT2D eigenvalue weighted by molar-refractivity contribution is 6.00. The Bertz CT molecular complexity index is 1420. The molecule has 0 spiro atoms. The third-order valence-electron chi connectivity index (χ3n) is 6.05. The number of aromatic amines is 1. The summed E-state index contributed by atoms with van der Waals surface area (Å²) in [5.74, 6) is 0.0179. The molecule has 0 bridgehead atoms. The molecule has 2 aromatic carbocycles. The fourth-order valence-corrected chi connectivity index (χ4v) is 4.24. The standard InChI is InChI=1S/C25H26FN7O3/c1-14-13-36-10-9-33(14)16-4-6-20(21(12-16)35-2)30-25-31-23-17(7-8-28-23)24(32-25)29-19-5-3-15(26)11-18(19)22(27)34/h3-8,11-12,14H,9-10,13H2,1-2H3,(H2,27,34)(H3,28,29,30,31,32)/t14-/m0/s1. The van der Waals surface area contributed by atoms with Crippen molar-refractivity contribution in [3.63, 3.8) is 0 Å². The molecule has 3 heterocycles. The molecule has 1 atom stereocenters. The first-order valence-corrected chi connectivity index (χ1v) is 11.4. The van der Waals surface area contributed by atoms with Crippen molar-refractivity contribution in [1.29, 1.82) is 0 Å². The summed E-state index contributed by atoms with van der Waals surface area (Å²) in [4.78, 5) is 26.4. The number of hydrogen-bond acceptors (Lipinski definition) is 8. The highest BCUT2D eigenvalue weighted by Crippen LogP contribution is 2.34. The molecule has 0 saturated carbocycles. The number of H-pyrrole nitrogens is 1. The van der Waals surface area contributed by atoms with E-state index >= 15 is 0 Å². The molecule has 2 aromatic heterocycles. The number of hydrogen-bond donors (Lipinski definition) is 4. The van der Waals surface area contributed by atoms with Crippen molar-refractivity contribution in [3.8, 4) is 5.75 Å². The maximum Gasteiger partial charge on any atom is 0.250 e. The van der Waals surface area contributed by atoms with E-state index in [1.807, 2.05) is 18.2 Å². The minimum atomic E-state index is -0.755. The zero-order chi connectivity index (χ0) is 25.2. The van der Waals surface area contributed by atoms with Crippen LogP contribution in [0.5, 0.6) is 5.75 Å². The molecule has 5 rings (SSSR count). The van der Waals surface area contributed by atoms with Gasteiger partial charge in [-0.05, 0) is 43.3 Å². The third-order valence-corrected chi connectivity index (χ3v) is 6.05. The molecular formula is C25H26FN7O3. The number of ether oxygens (including phenoxy) is 2. The van der Waals surface area contributed by atoms with E-state index in [1.165, 1.54) is 12.1 Å². The Balaban J connectivity index is 1.47. The number of morpholine rings is 1. The van der Waals surface area contributed by atoms with Gasteiger partial charge in [-0.15, -0.1) is 0 Å². The maximum absolute atomic E-state index is 13.7. The van der Waals surface area contributed by atoms with Gasteiger partial charge in [0, 0.05) is 30.5 Å². The molecule has 5 N–H and O–H groups in total. The number of nitrogens with zero attached hydrogens (tertiary/aromatic N) is 3. The number of halogens is 1. The lowest BCUT2D eigenvalue weighted by Crippen LogP contribution is -2.43. The van der Waals surface area contributed by atoms with Gasteiger partial charge in [0.25, 0.3) is 5.91 Å². The Morgan fingerprint density at radius 1 is 1.19 bits per heavy atom. The van der Waals surface area contributed by atoms with Crippen LogP contribution in [0.4, 0.5) is 33.2 Å². The molecule has 0 radical (unpaired) electrons. The van der Waals surface area contributed by atoms with E-state index in [9.17, 15) is 9.18 Å². The van der Waals surface area contributed by atoms with Crippen LogP contribution in [0.1, 0.15) is 17.3 Å². The highest BCUT2D eigenvalue weighted by Gasteiger charge is 2.21. The lowest BCUT2D eigenvalue weighted by molar-refractivity contribution is 0.0989. The third kappa shape index (κ3) is 4.60. The highest BCUT2D eigenvalue weighted by atomic mass is 19.1. The SMILES string of the molecule is COc1cc(N2CCOC[C@@H]2C)ccc1Nc1nc(Nc2ccc(F)cc2C(N)=O)c2cc[nH]c2n1. The largest absolute Gasteiger partial charge is 0.494 e. The first kappa shape index (κ1) is 23.4. The molecule has 1 amide bonds. The van der Waals surface area contributed by atoms with Crippen LogP contribution in [0.15, 0.2) is 48.7 Å². The first-order chi connectivity index (χ1) is 17.4. The number of amides is 1. The van der Waals surface area contributed by atoms with Crippen molar-refractivity contribution in [1.82, 2.24) is 15.0 Å². The van der Waals surface area contributed by atoms with Crippen LogP contribution in [0.2, 0.25) is 0 Å². The second-order valence-corrected chi connectivity index (χ2v) is 8.44. The number of rotatable bonds is 7. The first-order valence-electron chi connectivity index (χ1n) is 11.4. The zero-order valence-electron chi connectivity index (χ0n) is 19.8. The van der Waals surface area contributed by atoms with Gasteiger partial charge in [0.1, 0.15) is 23.0 Å². The topological polar surface area (TPSA) is 130 Å². The fraction of sp³-hybridized carbons (Fsp3) is 0.240. The minimum Gasteiger partial charge on any atom is -0.494 e. The molecule has 186 valence electrons. The van der Waals surface area contributed by atoms with Gasteiger partial charge in [-0.2, -0.15) is 9.97 Å². The molecule has 1 aliphatic heterocycles. The Morgan fingerprint density at radius 2 is 2.03 bits per heavy atom.